The number of amidine groups is 1. The number of amides is 1. The topological polar surface area (TPSA) is 35.9 Å². The zero-order chi connectivity index (χ0) is 18.3. The molecule has 2 aliphatic rings. The predicted molar refractivity (Wildman–Crippen MR) is 106 cm³/mol. The molecule has 1 amide bonds. The van der Waals surface area contributed by atoms with Gasteiger partial charge in [0.1, 0.15) is 10.7 Å². The molecular formula is C19H16FN3OS2. The van der Waals surface area contributed by atoms with Gasteiger partial charge in [-0.15, -0.1) is 0 Å². The highest BCUT2D eigenvalue weighted by Gasteiger charge is 2.38. The number of aliphatic imine (C=N–C) groups is 1. The number of halogens is 1. The first-order chi connectivity index (χ1) is 12.6. The van der Waals surface area contributed by atoms with Crippen molar-refractivity contribution in [3.05, 3.63) is 64.3 Å². The van der Waals surface area contributed by atoms with E-state index in [2.05, 4.69) is 4.99 Å². The molecule has 0 unspecified atom stereocenters. The molecule has 1 fully saturated rings. The highest BCUT2D eigenvalue weighted by Crippen LogP contribution is 2.50. The Morgan fingerprint density at radius 3 is 2.62 bits per heavy atom. The Kier molecular flexibility index (Phi) is 4.50. The number of hydrogen-bond donors (Lipinski definition) is 0. The van der Waals surface area contributed by atoms with E-state index in [1.165, 1.54) is 35.7 Å². The Morgan fingerprint density at radius 1 is 1.12 bits per heavy atom. The normalized spacial score (nSPS) is 21.0. The number of likely N-dealkylation sites (N-methyl/N-ethyl adjacent to an activating group) is 1. The maximum absolute atomic E-state index is 13.6. The molecule has 7 heteroatoms. The molecule has 0 aliphatic carbocycles. The molecule has 26 heavy (non-hydrogen) atoms. The molecule has 2 aliphatic heterocycles. The Labute approximate surface area is 159 Å². The van der Waals surface area contributed by atoms with Gasteiger partial charge in [0.05, 0.1) is 16.4 Å². The fourth-order valence-corrected chi connectivity index (χ4v) is 5.22. The van der Waals surface area contributed by atoms with Crippen LogP contribution < -0.4 is 4.90 Å². The van der Waals surface area contributed by atoms with Crippen LogP contribution in [0.4, 0.5) is 15.8 Å². The number of para-hydroxylation sites is 1. The fraction of sp³-hybridized carbons (Fsp3) is 0.158. The highest BCUT2D eigenvalue weighted by molar-refractivity contribution is 8.19. The number of thioether (sulfide) groups is 2. The molecule has 1 saturated heterocycles. The summed E-state index contributed by atoms with van der Waals surface area (Å²) in [5.74, 6) is -0.343. The van der Waals surface area contributed by atoms with Gasteiger partial charge in [0.25, 0.3) is 5.91 Å². The smallest absolute Gasteiger partial charge is 0.269 e. The standard InChI is InChI=1S/C19H16FN3OS2/c1-3-23-17(24)16(26-19(23)21-13-7-5-4-6-8-13)18-22(2)14-11-12(20)9-10-15(14)25-18/h4-11H,3H2,1-2H3/b18-16+,21-19-. The molecular weight excluding hydrogens is 369 g/mol. The molecule has 0 bridgehead atoms. The van der Waals surface area contributed by atoms with Gasteiger partial charge in [0.2, 0.25) is 0 Å². The summed E-state index contributed by atoms with van der Waals surface area (Å²) in [4.78, 5) is 22.7. The Hall–Kier alpha value is -2.25. The third kappa shape index (κ3) is 2.91. The zero-order valence-corrected chi connectivity index (χ0v) is 15.9. The summed E-state index contributed by atoms with van der Waals surface area (Å²) in [6.07, 6.45) is 0. The average Bonchev–Trinajstić information content (AvgIpc) is 3.12. The minimum absolute atomic E-state index is 0.0604. The molecule has 0 atom stereocenters. The Bertz CT molecular complexity index is 943. The number of carbonyl (C=O) groups excluding carboxylic acids is 1. The minimum Gasteiger partial charge on any atom is -0.337 e. The highest BCUT2D eigenvalue weighted by atomic mass is 32.2. The quantitative estimate of drug-likeness (QED) is 0.695. The molecule has 132 valence electrons. The maximum atomic E-state index is 13.6. The third-order valence-electron chi connectivity index (χ3n) is 4.15. The molecule has 0 saturated carbocycles. The van der Waals surface area contributed by atoms with Crippen molar-refractivity contribution in [1.82, 2.24) is 4.90 Å². The van der Waals surface area contributed by atoms with Gasteiger partial charge in [-0.1, -0.05) is 30.0 Å². The van der Waals surface area contributed by atoms with Crippen molar-refractivity contribution < 1.29 is 9.18 Å². The second-order valence-corrected chi connectivity index (χ2v) is 7.80. The Balaban J connectivity index is 1.73. The van der Waals surface area contributed by atoms with E-state index >= 15 is 0 Å². The van der Waals surface area contributed by atoms with E-state index in [0.29, 0.717) is 16.6 Å². The molecule has 4 nitrogen and oxygen atoms in total. The lowest BCUT2D eigenvalue weighted by atomic mass is 10.3. The van der Waals surface area contributed by atoms with Gasteiger partial charge >= 0.3 is 0 Å². The van der Waals surface area contributed by atoms with Crippen LogP contribution >= 0.6 is 23.5 Å². The van der Waals surface area contributed by atoms with Gasteiger partial charge in [-0.05, 0) is 49.0 Å². The first kappa shape index (κ1) is 17.2. The van der Waals surface area contributed by atoms with Crippen molar-refractivity contribution in [2.75, 3.05) is 18.5 Å². The maximum Gasteiger partial charge on any atom is 0.269 e. The minimum atomic E-state index is -0.283. The Morgan fingerprint density at radius 2 is 1.88 bits per heavy atom. The number of rotatable bonds is 2. The predicted octanol–water partition coefficient (Wildman–Crippen LogP) is 4.82. The number of nitrogens with zero attached hydrogens (tertiary/aromatic N) is 3. The zero-order valence-electron chi connectivity index (χ0n) is 14.3. The van der Waals surface area contributed by atoms with Crippen LogP contribution in [0, 0.1) is 5.82 Å². The van der Waals surface area contributed by atoms with E-state index in [9.17, 15) is 9.18 Å². The molecule has 2 heterocycles. The molecule has 2 aromatic rings. The van der Waals surface area contributed by atoms with Crippen LogP contribution in [-0.2, 0) is 4.79 Å². The fourth-order valence-electron chi connectivity index (χ4n) is 2.83. The number of carbonyl (C=O) groups is 1. The van der Waals surface area contributed by atoms with E-state index in [-0.39, 0.29) is 11.7 Å². The lowest BCUT2D eigenvalue weighted by Gasteiger charge is -2.15. The van der Waals surface area contributed by atoms with Crippen LogP contribution in [0.15, 0.2) is 68.4 Å². The van der Waals surface area contributed by atoms with Crippen LogP contribution in [0.2, 0.25) is 0 Å². The first-order valence-corrected chi connectivity index (χ1v) is 9.80. The number of benzene rings is 2. The lowest BCUT2D eigenvalue weighted by molar-refractivity contribution is -0.122. The van der Waals surface area contributed by atoms with Gasteiger partial charge in [-0.3, -0.25) is 9.69 Å². The van der Waals surface area contributed by atoms with E-state index < -0.39 is 0 Å². The molecule has 4 rings (SSSR count). The van der Waals surface area contributed by atoms with Crippen molar-refractivity contribution in [1.29, 1.82) is 0 Å². The van der Waals surface area contributed by atoms with Crippen molar-refractivity contribution in [2.24, 2.45) is 4.99 Å². The summed E-state index contributed by atoms with van der Waals surface area (Å²) in [6, 6.07) is 14.3. The number of anilines is 1. The third-order valence-corrected chi connectivity index (χ3v) is 6.58. The first-order valence-electron chi connectivity index (χ1n) is 8.17. The van der Waals surface area contributed by atoms with E-state index in [0.717, 1.165) is 21.3 Å². The van der Waals surface area contributed by atoms with Gasteiger partial charge in [0.15, 0.2) is 5.17 Å². The summed E-state index contributed by atoms with van der Waals surface area (Å²) in [7, 11) is 1.86. The van der Waals surface area contributed by atoms with Crippen molar-refractivity contribution in [2.45, 2.75) is 11.8 Å². The van der Waals surface area contributed by atoms with Gasteiger partial charge in [-0.2, -0.15) is 0 Å². The SMILES string of the molecule is CCN1C(=O)/C(=C2\Sc3ccc(F)cc3N2C)S/C1=N\c1ccccc1. The second-order valence-electron chi connectivity index (χ2n) is 5.79. The van der Waals surface area contributed by atoms with Crippen molar-refractivity contribution in [3.63, 3.8) is 0 Å². The van der Waals surface area contributed by atoms with Crippen LogP contribution in [-0.4, -0.2) is 29.6 Å². The van der Waals surface area contributed by atoms with Crippen LogP contribution in [0.5, 0.6) is 0 Å². The van der Waals surface area contributed by atoms with E-state index in [4.69, 9.17) is 0 Å². The van der Waals surface area contributed by atoms with Crippen LogP contribution in [0.25, 0.3) is 0 Å². The molecule has 2 aromatic carbocycles. The summed E-state index contributed by atoms with van der Waals surface area (Å²) in [5, 5.41) is 1.49. The van der Waals surface area contributed by atoms with E-state index in [1.54, 1.807) is 11.0 Å². The largest absolute Gasteiger partial charge is 0.337 e. The van der Waals surface area contributed by atoms with Crippen molar-refractivity contribution in [3.8, 4) is 0 Å². The lowest BCUT2D eigenvalue weighted by Crippen LogP contribution is -2.29. The van der Waals surface area contributed by atoms with Gasteiger partial charge in [0, 0.05) is 18.5 Å². The van der Waals surface area contributed by atoms with Crippen LogP contribution in [0.3, 0.4) is 0 Å². The molecule has 0 N–H and O–H groups in total. The van der Waals surface area contributed by atoms with Gasteiger partial charge in [-0.25, -0.2) is 9.38 Å². The molecule has 0 spiro atoms. The summed E-state index contributed by atoms with van der Waals surface area (Å²) in [6.45, 7) is 2.48. The second kappa shape index (κ2) is 6.81. The monoisotopic (exact) mass is 385 g/mol. The number of hydrogen-bond acceptors (Lipinski definition) is 5. The van der Waals surface area contributed by atoms with Crippen LogP contribution in [0.1, 0.15) is 6.92 Å². The summed E-state index contributed by atoms with van der Waals surface area (Å²) in [5.41, 5.74) is 1.59. The van der Waals surface area contributed by atoms with E-state index in [1.807, 2.05) is 49.2 Å². The van der Waals surface area contributed by atoms with Gasteiger partial charge < -0.3 is 4.90 Å². The number of fused-ring (bicyclic) bond motifs is 1. The summed E-state index contributed by atoms with van der Waals surface area (Å²) >= 11 is 2.86. The summed E-state index contributed by atoms with van der Waals surface area (Å²) < 4.78 is 13.6. The molecule has 0 aromatic heterocycles. The van der Waals surface area contributed by atoms with Crippen molar-refractivity contribution >= 4 is 46.0 Å². The molecule has 0 radical (unpaired) electrons. The average molecular weight is 385 g/mol.